The van der Waals surface area contributed by atoms with Crippen LogP contribution < -0.4 is 0 Å². The molecule has 18 heavy (non-hydrogen) atoms. The number of fused-ring (bicyclic) bond motifs is 1. The van der Waals surface area contributed by atoms with Crippen LogP contribution in [0.5, 0.6) is 0 Å². The molecule has 0 amide bonds. The van der Waals surface area contributed by atoms with Crippen LogP contribution in [0.25, 0.3) is 0 Å². The molecular formula is C13H22N2O2Si. The number of H-pyrrole nitrogens is 1. The molecule has 0 saturated carbocycles. The van der Waals surface area contributed by atoms with Crippen molar-refractivity contribution in [3.05, 3.63) is 17.0 Å². The van der Waals surface area contributed by atoms with Crippen molar-refractivity contribution in [1.82, 2.24) is 10.2 Å². The Morgan fingerprint density at radius 1 is 1.33 bits per heavy atom. The zero-order valence-electron chi connectivity index (χ0n) is 11.5. The lowest BCUT2D eigenvalue weighted by molar-refractivity contribution is 0.0961. The monoisotopic (exact) mass is 266 g/mol. The highest BCUT2D eigenvalue weighted by molar-refractivity contribution is 6.76. The maximum absolute atomic E-state index is 11.9. The van der Waals surface area contributed by atoms with Gasteiger partial charge in [0.2, 0.25) is 0 Å². The van der Waals surface area contributed by atoms with E-state index < -0.39 is 8.07 Å². The lowest BCUT2D eigenvalue weighted by Crippen LogP contribution is -2.21. The van der Waals surface area contributed by atoms with Crippen molar-refractivity contribution in [2.24, 2.45) is 0 Å². The van der Waals surface area contributed by atoms with Crippen LogP contribution >= 0.6 is 0 Å². The number of ether oxygens (including phenoxy) is 1. The molecule has 0 radical (unpaired) electrons. The van der Waals surface area contributed by atoms with Crippen LogP contribution in [0.3, 0.4) is 0 Å². The molecule has 1 aliphatic rings. The molecule has 1 aliphatic carbocycles. The lowest BCUT2D eigenvalue weighted by Gasteiger charge is -2.15. The van der Waals surface area contributed by atoms with E-state index in [4.69, 9.17) is 4.74 Å². The number of aryl methyl sites for hydroxylation is 1. The molecule has 5 heteroatoms. The van der Waals surface area contributed by atoms with E-state index in [1.807, 2.05) is 0 Å². The van der Waals surface area contributed by atoms with Gasteiger partial charge in [-0.25, -0.2) is 0 Å². The first-order valence-electron chi connectivity index (χ1n) is 6.64. The average Bonchev–Trinajstić information content (AvgIpc) is 2.68. The van der Waals surface area contributed by atoms with E-state index in [2.05, 4.69) is 29.8 Å². The predicted molar refractivity (Wildman–Crippen MR) is 73.7 cm³/mol. The Hall–Kier alpha value is -0.943. The SMILES string of the molecule is C[Si](C)(C)CCOCc1n[nH]c2c1C(=O)CCC2. The molecule has 0 aromatic carbocycles. The third-order valence-corrected chi connectivity index (χ3v) is 4.96. The number of hydrogen-bond acceptors (Lipinski definition) is 3. The van der Waals surface area contributed by atoms with Gasteiger partial charge in [-0.05, 0) is 18.9 Å². The van der Waals surface area contributed by atoms with Crippen LogP contribution in [-0.2, 0) is 17.8 Å². The second-order valence-corrected chi connectivity index (χ2v) is 11.8. The molecule has 1 aromatic heterocycles. The van der Waals surface area contributed by atoms with E-state index in [-0.39, 0.29) is 5.78 Å². The fraction of sp³-hybridized carbons (Fsp3) is 0.692. The van der Waals surface area contributed by atoms with Gasteiger partial charge in [-0.2, -0.15) is 5.10 Å². The van der Waals surface area contributed by atoms with Gasteiger partial charge in [0.05, 0.1) is 17.9 Å². The summed E-state index contributed by atoms with van der Waals surface area (Å²) in [5.74, 6) is 0.216. The third kappa shape index (κ3) is 3.29. The zero-order chi connectivity index (χ0) is 13.2. The number of ketones is 1. The summed E-state index contributed by atoms with van der Waals surface area (Å²) in [5.41, 5.74) is 2.59. The number of hydrogen-bond donors (Lipinski definition) is 1. The van der Waals surface area contributed by atoms with Gasteiger partial charge >= 0.3 is 0 Å². The molecule has 100 valence electrons. The number of nitrogens with one attached hydrogen (secondary N) is 1. The molecule has 0 atom stereocenters. The molecule has 0 aliphatic heterocycles. The number of aromatic nitrogens is 2. The van der Waals surface area contributed by atoms with Gasteiger partial charge in [0.1, 0.15) is 0 Å². The maximum atomic E-state index is 11.9. The number of Topliss-reactive ketones (excluding diaryl/α,β-unsaturated/α-hetero) is 1. The van der Waals surface area contributed by atoms with E-state index in [1.165, 1.54) is 0 Å². The van der Waals surface area contributed by atoms with E-state index in [0.717, 1.165) is 42.4 Å². The largest absolute Gasteiger partial charge is 0.375 e. The van der Waals surface area contributed by atoms with Crippen LogP contribution in [-0.4, -0.2) is 30.7 Å². The molecule has 0 unspecified atom stereocenters. The quantitative estimate of drug-likeness (QED) is 0.658. The number of carbonyl (C=O) groups is 1. The summed E-state index contributed by atoms with van der Waals surface area (Å²) in [5, 5.41) is 7.19. The Morgan fingerprint density at radius 3 is 2.83 bits per heavy atom. The zero-order valence-corrected chi connectivity index (χ0v) is 12.5. The van der Waals surface area contributed by atoms with Crippen molar-refractivity contribution in [3.8, 4) is 0 Å². The fourth-order valence-electron chi connectivity index (χ4n) is 2.13. The van der Waals surface area contributed by atoms with Crippen molar-refractivity contribution in [1.29, 1.82) is 0 Å². The number of carbonyl (C=O) groups excluding carboxylic acids is 1. The van der Waals surface area contributed by atoms with Crippen LogP contribution in [0.1, 0.15) is 34.6 Å². The Morgan fingerprint density at radius 2 is 2.11 bits per heavy atom. The second-order valence-electron chi connectivity index (χ2n) is 6.16. The van der Waals surface area contributed by atoms with Crippen molar-refractivity contribution >= 4 is 13.9 Å². The summed E-state index contributed by atoms with van der Waals surface area (Å²) in [6.07, 6.45) is 2.52. The van der Waals surface area contributed by atoms with Crippen molar-refractivity contribution in [2.75, 3.05) is 6.61 Å². The molecule has 1 heterocycles. The topological polar surface area (TPSA) is 55.0 Å². The highest BCUT2D eigenvalue weighted by atomic mass is 28.3. The van der Waals surface area contributed by atoms with Gasteiger partial charge in [-0.3, -0.25) is 9.89 Å². The molecule has 1 N–H and O–H groups in total. The summed E-state index contributed by atoms with van der Waals surface area (Å²) in [7, 11) is -1.04. The summed E-state index contributed by atoms with van der Waals surface area (Å²) in [6.45, 7) is 8.22. The fourth-order valence-corrected chi connectivity index (χ4v) is 2.89. The van der Waals surface area contributed by atoms with Gasteiger partial charge in [0.15, 0.2) is 5.78 Å². The van der Waals surface area contributed by atoms with E-state index in [1.54, 1.807) is 0 Å². The van der Waals surface area contributed by atoms with Gasteiger partial charge < -0.3 is 4.74 Å². The lowest BCUT2D eigenvalue weighted by atomic mass is 9.95. The summed E-state index contributed by atoms with van der Waals surface area (Å²) in [4.78, 5) is 11.9. The molecule has 0 bridgehead atoms. The summed E-state index contributed by atoms with van der Waals surface area (Å²) >= 11 is 0. The number of nitrogens with zero attached hydrogens (tertiary/aromatic N) is 1. The van der Waals surface area contributed by atoms with Crippen LogP contribution in [0.2, 0.25) is 25.7 Å². The minimum atomic E-state index is -1.04. The van der Waals surface area contributed by atoms with Crippen molar-refractivity contribution in [2.45, 2.75) is 51.6 Å². The maximum Gasteiger partial charge on any atom is 0.166 e. The molecule has 0 spiro atoms. The third-order valence-electron chi connectivity index (χ3n) is 3.26. The van der Waals surface area contributed by atoms with Crippen LogP contribution in [0.4, 0.5) is 0 Å². The smallest absolute Gasteiger partial charge is 0.166 e. The van der Waals surface area contributed by atoms with E-state index in [0.29, 0.717) is 13.0 Å². The highest BCUT2D eigenvalue weighted by Gasteiger charge is 2.23. The van der Waals surface area contributed by atoms with Gasteiger partial charge in [0, 0.05) is 26.8 Å². The summed E-state index contributed by atoms with van der Waals surface area (Å²) < 4.78 is 5.67. The molecular weight excluding hydrogens is 244 g/mol. The summed E-state index contributed by atoms with van der Waals surface area (Å²) in [6, 6.07) is 1.15. The van der Waals surface area contributed by atoms with Crippen molar-refractivity contribution in [3.63, 3.8) is 0 Å². The Balaban J connectivity index is 1.91. The Bertz CT molecular complexity index is 435. The standard InChI is InChI=1S/C13H22N2O2Si/c1-18(2,3)8-7-17-9-11-13-10(14-15-11)5-4-6-12(13)16/h4-9H2,1-3H3,(H,14,15). The first-order chi connectivity index (χ1) is 8.47. The second kappa shape index (κ2) is 5.36. The minimum absolute atomic E-state index is 0.216. The average molecular weight is 266 g/mol. The number of rotatable bonds is 5. The van der Waals surface area contributed by atoms with E-state index in [9.17, 15) is 4.79 Å². The number of aromatic amines is 1. The van der Waals surface area contributed by atoms with Gasteiger partial charge in [0.25, 0.3) is 0 Å². The Kier molecular flexibility index (Phi) is 4.02. The van der Waals surface area contributed by atoms with Crippen molar-refractivity contribution < 1.29 is 9.53 Å². The molecule has 1 aromatic rings. The highest BCUT2D eigenvalue weighted by Crippen LogP contribution is 2.22. The molecule has 2 rings (SSSR count). The molecule has 0 fully saturated rings. The van der Waals surface area contributed by atoms with Gasteiger partial charge in [-0.1, -0.05) is 19.6 Å². The van der Waals surface area contributed by atoms with Crippen LogP contribution in [0, 0.1) is 0 Å². The predicted octanol–water partition coefficient (Wildman–Crippen LogP) is 2.78. The van der Waals surface area contributed by atoms with Crippen LogP contribution in [0.15, 0.2) is 0 Å². The van der Waals surface area contributed by atoms with Gasteiger partial charge in [-0.15, -0.1) is 0 Å². The molecule has 4 nitrogen and oxygen atoms in total. The minimum Gasteiger partial charge on any atom is -0.375 e. The Labute approximate surface area is 109 Å². The normalized spacial score (nSPS) is 15.8. The first kappa shape index (κ1) is 13.5. The van der Waals surface area contributed by atoms with E-state index >= 15 is 0 Å². The first-order valence-corrected chi connectivity index (χ1v) is 10.4. The molecule has 0 saturated heterocycles.